The number of pyridine rings is 1. The minimum absolute atomic E-state index is 0. The Morgan fingerprint density at radius 3 is 2.71 bits per heavy atom. The SMILES string of the molecule is CCNC(=NCc1ncccc1C)NCC(c1ccco1)N1CCCCC1.I. The summed E-state index contributed by atoms with van der Waals surface area (Å²) in [5.41, 5.74) is 2.17. The topological polar surface area (TPSA) is 65.7 Å². The molecule has 0 radical (unpaired) electrons. The van der Waals surface area contributed by atoms with E-state index >= 15 is 0 Å². The molecule has 0 aliphatic carbocycles. The predicted molar refractivity (Wildman–Crippen MR) is 124 cm³/mol. The number of halogens is 1. The van der Waals surface area contributed by atoms with Crippen LogP contribution in [0.5, 0.6) is 0 Å². The molecule has 3 heterocycles. The van der Waals surface area contributed by atoms with Crippen molar-refractivity contribution in [1.82, 2.24) is 20.5 Å². The van der Waals surface area contributed by atoms with E-state index in [2.05, 4.69) is 46.5 Å². The predicted octanol–water partition coefficient (Wildman–Crippen LogP) is 3.88. The zero-order valence-electron chi connectivity index (χ0n) is 16.9. The van der Waals surface area contributed by atoms with Gasteiger partial charge in [-0.05, 0) is 63.5 Å². The van der Waals surface area contributed by atoms with Crippen LogP contribution in [0.25, 0.3) is 0 Å². The molecule has 1 unspecified atom stereocenters. The molecule has 0 amide bonds. The molecule has 3 rings (SSSR count). The van der Waals surface area contributed by atoms with Gasteiger partial charge in [-0.25, -0.2) is 4.99 Å². The molecule has 0 saturated carbocycles. The van der Waals surface area contributed by atoms with Crippen LogP contribution in [-0.4, -0.2) is 42.0 Å². The van der Waals surface area contributed by atoms with E-state index in [1.807, 2.05) is 18.3 Å². The summed E-state index contributed by atoms with van der Waals surface area (Å²) >= 11 is 0. The summed E-state index contributed by atoms with van der Waals surface area (Å²) in [6, 6.07) is 8.29. The third-order valence-electron chi connectivity index (χ3n) is 5.01. The fourth-order valence-corrected chi connectivity index (χ4v) is 3.49. The van der Waals surface area contributed by atoms with Gasteiger partial charge in [0.25, 0.3) is 0 Å². The molecule has 1 atom stereocenters. The van der Waals surface area contributed by atoms with Crippen LogP contribution >= 0.6 is 24.0 Å². The highest BCUT2D eigenvalue weighted by molar-refractivity contribution is 14.0. The van der Waals surface area contributed by atoms with Crippen molar-refractivity contribution in [3.8, 4) is 0 Å². The molecule has 2 aromatic rings. The molecular formula is C21H32IN5O. The van der Waals surface area contributed by atoms with E-state index in [-0.39, 0.29) is 30.0 Å². The van der Waals surface area contributed by atoms with Crippen LogP contribution in [0.3, 0.4) is 0 Å². The molecule has 0 aromatic carbocycles. The third-order valence-corrected chi connectivity index (χ3v) is 5.01. The van der Waals surface area contributed by atoms with Crippen molar-refractivity contribution in [3.05, 3.63) is 53.7 Å². The maximum atomic E-state index is 5.73. The normalized spacial score (nSPS) is 16.3. The third kappa shape index (κ3) is 6.48. The largest absolute Gasteiger partial charge is 0.468 e. The lowest BCUT2D eigenvalue weighted by molar-refractivity contribution is 0.146. The molecule has 154 valence electrons. The first-order chi connectivity index (χ1) is 13.3. The van der Waals surface area contributed by atoms with Crippen molar-refractivity contribution in [3.63, 3.8) is 0 Å². The molecule has 7 heteroatoms. The van der Waals surface area contributed by atoms with Crippen molar-refractivity contribution in [1.29, 1.82) is 0 Å². The van der Waals surface area contributed by atoms with Gasteiger partial charge in [0, 0.05) is 19.3 Å². The zero-order valence-corrected chi connectivity index (χ0v) is 19.2. The van der Waals surface area contributed by atoms with Crippen LogP contribution in [0.4, 0.5) is 0 Å². The molecule has 28 heavy (non-hydrogen) atoms. The first-order valence-corrected chi connectivity index (χ1v) is 9.98. The van der Waals surface area contributed by atoms with E-state index < -0.39 is 0 Å². The van der Waals surface area contributed by atoms with Gasteiger partial charge in [-0.15, -0.1) is 24.0 Å². The first-order valence-electron chi connectivity index (χ1n) is 9.98. The maximum Gasteiger partial charge on any atom is 0.191 e. The summed E-state index contributed by atoms with van der Waals surface area (Å²) in [5, 5.41) is 6.84. The van der Waals surface area contributed by atoms with Crippen LogP contribution in [0.15, 0.2) is 46.1 Å². The van der Waals surface area contributed by atoms with Crippen LogP contribution in [-0.2, 0) is 6.54 Å². The molecule has 2 N–H and O–H groups in total. The van der Waals surface area contributed by atoms with Gasteiger partial charge in [-0.1, -0.05) is 12.5 Å². The molecule has 1 aliphatic heterocycles. The van der Waals surface area contributed by atoms with Crippen molar-refractivity contribution in [2.45, 2.75) is 45.7 Å². The Balaban J connectivity index is 0.00000280. The Labute approximate surface area is 185 Å². The van der Waals surface area contributed by atoms with E-state index in [0.29, 0.717) is 6.54 Å². The summed E-state index contributed by atoms with van der Waals surface area (Å²) < 4.78 is 5.73. The highest BCUT2D eigenvalue weighted by atomic mass is 127. The van der Waals surface area contributed by atoms with E-state index in [1.54, 1.807) is 6.26 Å². The summed E-state index contributed by atoms with van der Waals surface area (Å²) in [6.07, 6.45) is 7.41. The Kier molecular flexibility index (Phi) is 9.77. The number of piperidine rings is 1. The average Bonchev–Trinajstić information content (AvgIpc) is 3.22. The van der Waals surface area contributed by atoms with Gasteiger partial charge in [-0.2, -0.15) is 0 Å². The van der Waals surface area contributed by atoms with E-state index in [0.717, 1.165) is 43.6 Å². The number of nitrogens with zero attached hydrogens (tertiary/aromatic N) is 3. The van der Waals surface area contributed by atoms with Gasteiger partial charge in [-0.3, -0.25) is 9.88 Å². The number of hydrogen-bond donors (Lipinski definition) is 2. The van der Waals surface area contributed by atoms with Crippen LogP contribution < -0.4 is 10.6 Å². The highest BCUT2D eigenvalue weighted by Crippen LogP contribution is 2.24. The molecule has 2 aromatic heterocycles. The Hall–Kier alpha value is -1.61. The Bertz CT molecular complexity index is 713. The quantitative estimate of drug-likeness (QED) is 0.345. The summed E-state index contributed by atoms with van der Waals surface area (Å²) in [4.78, 5) is 11.7. The molecule has 1 fully saturated rings. The second kappa shape index (κ2) is 12.1. The van der Waals surface area contributed by atoms with Gasteiger partial charge in [0.2, 0.25) is 0 Å². The molecule has 0 spiro atoms. The lowest BCUT2D eigenvalue weighted by Crippen LogP contribution is -2.44. The van der Waals surface area contributed by atoms with Crippen LogP contribution in [0, 0.1) is 6.92 Å². The molecular weight excluding hydrogens is 465 g/mol. The second-order valence-electron chi connectivity index (χ2n) is 6.97. The summed E-state index contributed by atoms with van der Waals surface area (Å²) in [7, 11) is 0. The van der Waals surface area contributed by atoms with Crippen molar-refractivity contribution >= 4 is 29.9 Å². The maximum absolute atomic E-state index is 5.73. The van der Waals surface area contributed by atoms with Crippen LogP contribution in [0.1, 0.15) is 49.2 Å². The summed E-state index contributed by atoms with van der Waals surface area (Å²) in [5.74, 6) is 1.83. The standard InChI is InChI=1S/C21H31N5O.HI/c1-3-22-21(24-15-18-17(2)9-7-11-23-18)25-16-19(20-10-8-14-27-20)26-12-5-4-6-13-26;/h7-11,14,19H,3-6,12-13,15-16H2,1-2H3,(H2,22,24,25);1H. The average molecular weight is 497 g/mol. The van der Waals surface area contributed by atoms with Gasteiger partial charge >= 0.3 is 0 Å². The monoisotopic (exact) mass is 497 g/mol. The first kappa shape index (κ1) is 22.7. The number of guanidine groups is 1. The number of rotatable bonds is 7. The van der Waals surface area contributed by atoms with Gasteiger partial charge in [0.1, 0.15) is 5.76 Å². The zero-order chi connectivity index (χ0) is 18.9. The van der Waals surface area contributed by atoms with E-state index in [4.69, 9.17) is 9.41 Å². The number of hydrogen-bond acceptors (Lipinski definition) is 4. The fraction of sp³-hybridized carbons (Fsp3) is 0.524. The van der Waals surface area contributed by atoms with Crippen molar-refractivity contribution < 1.29 is 4.42 Å². The number of likely N-dealkylation sites (tertiary alicyclic amines) is 1. The molecule has 1 saturated heterocycles. The minimum Gasteiger partial charge on any atom is -0.468 e. The lowest BCUT2D eigenvalue weighted by Gasteiger charge is -2.33. The van der Waals surface area contributed by atoms with Crippen LogP contribution in [0.2, 0.25) is 0 Å². The smallest absolute Gasteiger partial charge is 0.191 e. The molecule has 6 nitrogen and oxygen atoms in total. The fourth-order valence-electron chi connectivity index (χ4n) is 3.49. The van der Waals surface area contributed by atoms with Gasteiger partial charge < -0.3 is 15.1 Å². The van der Waals surface area contributed by atoms with Gasteiger partial charge in [0.15, 0.2) is 5.96 Å². The highest BCUT2D eigenvalue weighted by Gasteiger charge is 2.24. The van der Waals surface area contributed by atoms with E-state index in [9.17, 15) is 0 Å². The summed E-state index contributed by atoms with van der Waals surface area (Å²) in [6.45, 7) is 8.54. The van der Waals surface area contributed by atoms with Crippen molar-refractivity contribution in [2.24, 2.45) is 4.99 Å². The van der Waals surface area contributed by atoms with E-state index in [1.165, 1.54) is 24.8 Å². The minimum atomic E-state index is 0. The molecule has 1 aliphatic rings. The van der Waals surface area contributed by atoms with Crippen molar-refractivity contribution in [2.75, 3.05) is 26.2 Å². The number of nitrogens with one attached hydrogen (secondary N) is 2. The lowest BCUT2D eigenvalue weighted by atomic mass is 10.1. The second-order valence-corrected chi connectivity index (χ2v) is 6.97. The molecule has 0 bridgehead atoms. The Morgan fingerprint density at radius 2 is 2.04 bits per heavy atom. The van der Waals surface area contributed by atoms with Gasteiger partial charge in [0.05, 0.1) is 24.5 Å². The number of aryl methyl sites for hydroxylation is 1. The number of aromatic nitrogens is 1. The number of aliphatic imine (C=N–C) groups is 1. The number of furan rings is 1. The Morgan fingerprint density at radius 1 is 1.21 bits per heavy atom.